The van der Waals surface area contributed by atoms with Gasteiger partial charge in [-0.1, -0.05) is 74.0 Å². The average Bonchev–Trinajstić information content (AvgIpc) is 2.57. The van der Waals surface area contributed by atoms with Crippen molar-refractivity contribution in [2.75, 3.05) is 6.54 Å². The van der Waals surface area contributed by atoms with E-state index in [-0.39, 0.29) is 0 Å². The van der Waals surface area contributed by atoms with Gasteiger partial charge < -0.3 is 5.32 Å². The molecule has 0 amide bonds. The zero-order chi connectivity index (χ0) is 15.6. The minimum Gasteiger partial charge on any atom is -0.361 e. The maximum absolute atomic E-state index is 5.26. The van der Waals surface area contributed by atoms with Crippen LogP contribution in [-0.2, 0) is 0 Å². The Balaban J connectivity index is 2.15. The lowest BCUT2D eigenvalue weighted by molar-refractivity contribution is 0.745. The Morgan fingerprint density at radius 1 is 0.955 bits per heavy atom. The molecule has 114 valence electrons. The van der Waals surface area contributed by atoms with Gasteiger partial charge in [-0.2, -0.15) is 5.10 Å². The first kappa shape index (κ1) is 16.2. The summed E-state index contributed by atoms with van der Waals surface area (Å²) in [6, 6.07) is 20.2. The maximum Gasteiger partial charge on any atom is 0.186 e. The Bertz CT molecular complexity index is 567. The van der Waals surface area contributed by atoms with Crippen LogP contribution in [0.2, 0.25) is 0 Å². The number of benzene rings is 2. The number of hydrogen-bond acceptors (Lipinski definition) is 2. The van der Waals surface area contributed by atoms with Crippen molar-refractivity contribution in [3.05, 3.63) is 71.8 Å². The molecule has 0 radical (unpaired) electrons. The summed E-state index contributed by atoms with van der Waals surface area (Å²) < 4.78 is 0. The summed E-state index contributed by atoms with van der Waals surface area (Å²) in [6.07, 6.45) is 2.23. The van der Waals surface area contributed by atoms with Gasteiger partial charge in [0.15, 0.2) is 5.11 Å². The van der Waals surface area contributed by atoms with Crippen molar-refractivity contribution in [1.29, 1.82) is 0 Å². The largest absolute Gasteiger partial charge is 0.361 e. The van der Waals surface area contributed by atoms with Crippen LogP contribution in [0.4, 0.5) is 0 Å². The van der Waals surface area contributed by atoms with Gasteiger partial charge in [0, 0.05) is 17.7 Å². The number of rotatable bonds is 6. The molecule has 0 bridgehead atoms. The number of hydrazone groups is 1. The molecule has 0 saturated heterocycles. The Labute approximate surface area is 137 Å². The summed E-state index contributed by atoms with van der Waals surface area (Å²) in [5.41, 5.74) is 5.93. The third kappa shape index (κ3) is 4.97. The van der Waals surface area contributed by atoms with E-state index >= 15 is 0 Å². The van der Waals surface area contributed by atoms with Crippen LogP contribution in [0.15, 0.2) is 65.8 Å². The molecule has 0 aliphatic rings. The van der Waals surface area contributed by atoms with Crippen LogP contribution in [0.25, 0.3) is 0 Å². The monoisotopic (exact) mass is 311 g/mol. The molecule has 2 N–H and O–H groups in total. The normalized spacial score (nSPS) is 9.86. The second-order valence-corrected chi connectivity index (χ2v) is 5.32. The van der Waals surface area contributed by atoms with Crippen molar-refractivity contribution >= 4 is 23.0 Å². The molecule has 2 rings (SSSR count). The van der Waals surface area contributed by atoms with Crippen molar-refractivity contribution in [2.45, 2.75) is 19.8 Å². The van der Waals surface area contributed by atoms with Crippen molar-refractivity contribution in [1.82, 2.24) is 10.7 Å². The molecule has 0 atom stereocenters. The standard InChI is InChI=1S/C18H21N3S/c1-2-3-14-19-18(22)21-20-17(15-10-6-4-7-11-15)16-12-8-5-9-13-16/h4-13H,2-3,14H2,1H3,(H2,19,21,22). The van der Waals surface area contributed by atoms with Gasteiger partial charge in [0.25, 0.3) is 0 Å². The first-order chi connectivity index (χ1) is 10.8. The summed E-state index contributed by atoms with van der Waals surface area (Å²) in [5.74, 6) is 0. The molecule has 0 aliphatic carbocycles. The summed E-state index contributed by atoms with van der Waals surface area (Å²) >= 11 is 5.26. The fraction of sp³-hybridized carbons (Fsp3) is 0.222. The fourth-order valence-electron chi connectivity index (χ4n) is 2.01. The highest BCUT2D eigenvalue weighted by molar-refractivity contribution is 7.80. The molecule has 3 nitrogen and oxygen atoms in total. The number of thiocarbonyl (C=S) groups is 1. The Hall–Kier alpha value is -2.20. The van der Waals surface area contributed by atoms with E-state index in [4.69, 9.17) is 12.2 Å². The highest BCUT2D eigenvalue weighted by Gasteiger charge is 2.06. The van der Waals surface area contributed by atoms with E-state index in [1.807, 2.05) is 60.7 Å². The van der Waals surface area contributed by atoms with Crippen LogP contribution in [0.5, 0.6) is 0 Å². The molecular formula is C18H21N3S. The molecule has 0 unspecified atom stereocenters. The van der Waals surface area contributed by atoms with Crippen LogP contribution >= 0.6 is 12.2 Å². The zero-order valence-electron chi connectivity index (χ0n) is 12.8. The number of hydrogen-bond donors (Lipinski definition) is 2. The highest BCUT2D eigenvalue weighted by atomic mass is 32.1. The van der Waals surface area contributed by atoms with Gasteiger partial charge >= 0.3 is 0 Å². The van der Waals surface area contributed by atoms with Crippen molar-refractivity contribution < 1.29 is 0 Å². The van der Waals surface area contributed by atoms with Crippen molar-refractivity contribution in [3.63, 3.8) is 0 Å². The lowest BCUT2D eigenvalue weighted by Gasteiger charge is -2.10. The third-order valence-corrected chi connectivity index (χ3v) is 3.42. The van der Waals surface area contributed by atoms with E-state index in [1.165, 1.54) is 0 Å². The third-order valence-electron chi connectivity index (χ3n) is 3.18. The van der Waals surface area contributed by atoms with Crippen LogP contribution in [0, 0.1) is 0 Å². The predicted octanol–water partition coefficient (Wildman–Crippen LogP) is 3.70. The van der Waals surface area contributed by atoms with Gasteiger partial charge in [0.2, 0.25) is 0 Å². The number of nitrogens with zero attached hydrogens (tertiary/aromatic N) is 1. The number of nitrogens with one attached hydrogen (secondary N) is 2. The van der Waals surface area contributed by atoms with Gasteiger partial charge in [-0.3, -0.25) is 5.43 Å². The van der Waals surface area contributed by atoms with E-state index in [9.17, 15) is 0 Å². The van der Waals surface area contributed by atoms with E-state index in [0.717, 1.165) is 36.2 Å². The first-order valence-electron chi connectivity index (χ1n) is 7.53. The predicted molar refractivity (Wildman–Crippen MR) is 97.2 cm³/mol. The van der Waals surface area contributed by atoms with Crippen LogP contribution in [-0.4, -0.2) is 17.4 Å². The van der Waals surface area contributed by atoms with Gasteiger partial charge in [0.05, 0.1) is 5.71 Å². The van der Waals surface area contributed by atoms with Crippen LogP contribution in [0.1, 0.15) is 30.9 Å². The summed E-state index contributed by atoms with van der Waals surface area (Å²) in [4.78, 5) is 0. The van der Waals surface area contributed by atoms with Crippen LogP contribution < -0.4 is 10.7 Å². The lowest BCUT2D eigenvalue weighted by Crippen LogP contribution is -2.33. The molecule has 0 saturated carbocycles. The van der Waals surface area contributed by atoms with Crippen LogP contribution in [0.3, 0.4) is 0 Å². The molecule has 4 heteroatoms. The van der Waals surface area contributed by atoms with E-state index in [2.05, 4.69) is 22.8 Å². The minimum atomic E-state index is 0.554. The summed E-state index contributed by atoms with van der Waals surface area (Å²) in [7, 11) is 0. The minimum absolute atomic E-state index is 0.554. The number of unbranched alkanes of at least 4 members (excludes halogenated alkanes) is 1. The summed E-state index contributed by atoms with van der Waals surface area (Å²) in [5, 5.41) is 8.21. The Morgan fingerprint density at radius 3 is 2.00 bits per heavy atom. The van der Waals surface area contributed by atoms with E-state index < -0.39 is 0 Å². The second kappa shape index (κ2) is 8.95. The Morgan fingerprint density at radius 2 is 1.50 bits per heavy atom. The highest BCUT2D eigenvalue weighted by Crippen LogP contribution is 2.10. The van der Waals surface area contributed by atoms with E-state index in [1.54, 1.807) is 0 Å². The van der Waals surface area contributed by atoms with Gasteiger partial charge in [-0.25, -0.2) is 0 Å². The molecule has 0 heterocycles. The SMILES string of the molecule is CCCCNC(=S)NN=C(c1ccccc1)c1ccccc1. The molecule has 2 aromatic rings. The molecule has 0 aromatic heterocycles. The second-order valence-electron chi connectivity index (χ2n) is 4.91. The quantitative estimate of drug-likeness (QED) is 0.370. The molecule has 0 spiro atoms. The topological polar surface area (TPSA) is 36.4 Å². The Kier molecular flexibility index (Phi) is 6.58. The van der Waals surface area contributed by atoms with E-state index in [0.29, 0.717) is 5.11 Å². The van der Waals surface area contributed by atoms with Gasteiger partial charge in [-0.05, 0) is 18.6 Å². The summed E-state index contributed by atoms with van der Waals surface area (Å²) in [6.45, 7) is 3.02. The molecule has 2 aromatic carbocycles. The zero-order valence-corrected chi connectivity index (χ0v) is 13.6. The smallest absolute Gasteiger partial charge is 0.186 e. The molecular weight excluding hydrogens is 290 g/mol. The van der Waals surface area contributed by atoms with Gasteiger partial charge in [-0.15, -0.1) is 0 Å². The maximum atomic E-state index is 5.26. The average molecular weight is 311 g/mol. The lowest BCUT2D eigenvalue weighted by atomic mass is 10.0. The van der Waals surface area contributed by atoms with Gasteiger partial charge in [0.1, 0.15) is 0 Å². The molecule has 0 aliphatic heterocycles. The first-order valence-corrected chi connectivity index (χ1v) is 7.94. The van der Waals surface area contributed by atoms with Crippen molar-refractivity contribution in [2.24, 2.45) is 5.10 Å². The fourth-order valence-corrected chi connectivity index (χ4v) is 2.16. The van der Waals surface area contributed by atoms with Crippen molar-refractivity contribution in [3.8, 4) is 0 Å². The molecule has 0 fully saturated rings. The molecule has 22 heavy (non-hydrogen) atoms.